The Balaban J connectivity index is 0.00000280. The fourth-order valence-corrected chi connectivity index (χ4v) is 3.67. The van der Waals surface area contributed by atoms with Gasteiger partial charge in [0, 0.05) is 30.0 Å². The molecule has 6 nitrogen and oxygen atoms in total. The van der Waals surface area contributed by atoms with E-state index in [4.69, 9.17) is 10.5 Å². The van der Waals surface area contributed by atoms with Gasteiger partial charge < -0.3 is 21.1 Å². The number of carbonyl (C=O) groups is 2. The van der Waals surface area contributed by atoms with Crippen LogP contribution in [0.15, 0.2) is 24.3 Å². The number of benzene rings is 1. The molecule has 0 saturated heterocycles. The Morgan fingerprint density at radius 1 is 1.25 bits per heavy atom. The quantitative estimate of drug-likeness (QED) is 0.644. The maximum absolute atomic E-state index is 12.8. The zero-order valence-electron chi connectivity index (χ0n) is 17.1. The summed E-state index contributed by atoms with van der Waals surface area (Å²) < 4.78 is 5.70. The van der Waals surface area contributed by atoms with Gasteiger partial charge in [-0.3, -0.25) is 9.59 Å². The Morgan fingerprint density at radius 3 is 2.36 bits per heavy atom. The summed E-state index contributed by atoms with van der Waals surface area (Å²) >= 11 is 0. The highest BCUT2D eigenvalue weighted by atomic mass is 35.5. The molecule has 3 rings (SSSR count). The lowest BCUT2D eigenvalue weighted by Gasteiger charge is -2.57. The van der Waals surface area contributed by atoms with Gasteiger partial charge in [-0.25, -0.2) is 0 Å². The number of rotatable bonds is 7. The van der Waals surface area contributed by atoms with Gasteiger partial charge in [0.1, 0.15) is 5.54 Å². The molecule has 0 aliphatic heterocycles. The van der Waals surface area contributed by atoms with Crippen LogP contribution in [-0.2, 0) is 14.3 Å². The minimum atomic E-state index is -0.931. The fourth-order valence-electron chi connectivity index (χ4n) is 3.67. The third-order valence-electron chi connectivity index (χ3n) is 6.21. The number of hydrogen-bond donors (Lipinski definition) is 3. The van der Waals surface area contributed by atoms with E-state index in [2.05, 4.69) is 10.6 Å². The number of nitrogens with two attached hydrogens (primary N) is 1. The lowest BCUT2D eigenvalue weighted by atomic mass is 9.54. The van der Waals surface area contributed by atoms with Crippen LogP contribution in [0, 0.1) is 11.3 Å². The van der Waals surface area contributed by atoms with Crippen LogP contribution in [-0.4, -0.2) is 30.1 Å². The molecule has 0 aromatic heterocycles. The van der Waals surface area contributed by atoms with Gasteiger partial charge in [0.2, 0.25) is 11.8 Å². The molecule has 0 radical (unpaired) electrons. The molecular weight excluding hydrogens is 378 g/mol. The van der Waals surface area contributed by atoms with E-state index in [1.807, 2.05) is 52.0 Å². The highest BCUT2D eigenvalue weighted by Gasteiger charge is 2.62. The SMILES string of the molecule is CCOC1CC(N)(C(=O)NC(C)c2ccc(NC(=O)C3CC3)cc2)C1(C)C.Cl. The Morgan fingerprint density at radius 2 is 1.86 bits per heavy atom. The van der Waals surface area contributed by atoms with Crippen LogP contribution in [0.1, 0.15) is 58.6 Å². The van der Waals surface area contributed by atoms with Crippen LogP contribution in [0.25, 0.3) is 0 Å². The molecule has 156 valence electrons. The average Bonchev–Trinajstić information content (AvgIpc) is 3.47. The Kier molecular flexibility index (Phi) is 6.79. The van der Waals surface area contributed by atoms with Gasteiger partial charge in [0.15, 0.2) is 0 Å². The molecule has 7 heteroatoms. The summed E-state index contributed by atoms with van der Waals surface area (Å²) in [7, 11) is 0. The molecule has 2 aliphatic carbocycles. The molecule has 0 spiro atoms. The van der Waals surface area contributed by atoms with Crippen molar-refractivity contribution in [3.63, 3.8) is 0 Å². The van der Waals surface area contributed by atoms with Crippen molar-refractivity contribution < 1.29 is 14.3 Å². The molecule has 2 amide bonds. The van der Waals surface area contributed by atoms with Crippen molar-refractivity contribution in [2.45, 2.75) is 64.6 Å². The summed E-state index contributed by atoms with van der Waals surface area (Å²) in [4.78, 5) is 24.7. The second kappa shape index (κ2) is 8.39. The number of carbonyl (C=O) groups excluding carboxylic acids is 2. The average molecular weight is 410 g/mol. The van der Waals surface area contributed by atoms with Gasteiger partial charge in [-0.1, -0.05) is 26.0 Å². The molecule has 4 N–H and O–H groups in total. The molecular formula is C21H32ClN3O3. The third kappa shape index (κ3) is 4.19. The normalized spacial score (nSPS) is 26.4. The van der Waals surface area contributed by atoms with Crippen molar-refractivity contribution in [1.29, 1.82) is 0 Å². The molecule has 1 aromatic carbocycles. The number of hydrogen-bond acceptors (Lipinski definition) is 4. The number of amides is 2. The van der Waals surface area contributed by atoms with E-state index >= 15 is 0 Å². The van der Waals surface area contributed by atoms with E-state index in [1.165, 1.54) is 0 Å². The summed E-state index contributed by atoms with van der Waals surface area (Å²) in [6, 6.07) is 7.41. The van der Waals surface area contributed by atoms with E-state index in [0.29, 0.717) is 13.0 Å². The van der Waals surface area contributed by atoms with Crippen LogP contribution < -0.4 is 16.4 Å². The van der Waals surface area contributed by atoms with E-state index in [-0.39, 0.29) is 42.3 Å². The molecule has 3 unspecified atom stereocenters. The second-order valence-corrected chi connectivity index (χ2v) is 8.42. The topological polar surface area (TPSA) is 93.4 Å². The van der Waals surface area contributed by atoms with Crippen molar-refractivity contribution in [2.24, 2.45) is 17.1 Å². The standard InChI is InChI=1S/C21H31N3O3.ClH/c1-5-27-17-12-21(22,20(17,3)4)19(26)23-13(2)14-8-10-16(11-9-14)24-18(25)15-6-7-15;/h8-11,13,15,17H,5-7,12,22H2,1-4H3,(H,23,26)(H,24,25);1H. The highest BCUT2D eigenvalue weighted by molar-refractivity contribution is 5.94. The van der Waals surface area contributed by atoms with Crippen molar-refractivity contribution in [3.05, 3.63) is 29.8 Å². The summed E-state index contributed by atoms with van der Waals surface area (Å²) in [6.45, 7) is 8.47. The third-order valence-corrected chi connectivity index (χ3v) is 6.21. The van der Waals surface area contributed by atoms with Crippen LogP contribution in [0.3, 0.4) is 0 Å². The number of nitrogens with one attached hydrogen (secondary N) is 2. The van der Waals surface area contributed by atoms with Crippen LogP contribution in [0.5, 0.6) is 0 Å². The first-order valence-corrected chi connectivity index (χ1v) is 9.81. The predicted molar refractivity (Wildman–Crippen MR) is 112 cm³/mol. The molecule has 28 heavy (non-hydrogen) atoms. The number of anilines is 1. The Hall–Kier alpha value is -1.63. The monoisotopic (exact) mass is 409 g/mol. The van der Waals surface area contributed by atoms with Gasteiger partial charge in [0.25, 0.3) is 0 Å². The van der Waals surface area contributed by atoms with Gasteiger partial charge >= 0.3 is 0 Å². The van der Waals surface area contributed by atoms with E-state index in [9.17, 15) is 9.59 Å². The van der Waals surface area contributed by atoms with Crippen LogP contribution >= 0.6 is 12.4 Å². The minimum absolute atomic E-state index is 0. The van der Waals surface area contributed by atoms with Crippen LogP contribution in [0.4, 0.5) is 5.69 Å². The molecule has 1 aromatic rings. The summed E-state index contributed by atoms with van der Waals surface area (Å²) in [5.74, 6) is 0.113. The second-order valence-electron chi connectivity index (χ2n) is 8.42. The maximum atomic E-state index is 12.8. The van der Waals surface area contributed by atoms with Crippen LogP contribution in [0.2, 0.25) is 0 Å². The van der Waals surface area contributed by atoms with E-state index in [0.717, 1.165) is 24.1 Å². The zero-order chi connectivity index (χ0) is 19.8. The lowest BCUT2D eigenvalue weighted by molar-refractivity contribution is -0.171. The van der Waals surface area contributed by atoms with Crippen molar-refractivity contribution in [1.82, 2.24) is 5.32 Å². The first kappa shape index (κ1) is 22.7. The molecule has 0 heterocycles. The summed E-state index contributed by atoms with van der Waals surface area (Å²) in [5.41, 5.74) is 6.85. The first-order chi connectivity index (χ1) is 12.7. The van der Waals surface area contributed by atoms with E-state index < -0.39 is 11.0 Å². The fraction of sp³-hybridized carbons (Fsp3) is 0.619. The molecule has 3 atom stereocenters. The molecule has 2 aliphatic rings. The smallest absolute Gasteiger partial charge is 0.241 e. The predicted octanol–water partition coefficient (Wildman–Crippen LogP) is 3.17. The van der Waals surface area contributed by atoms with Crippen molar-refractivity contribution in [2.75, 3.05) is 11.9 Å². The van der Waals surface area contributed by atoms with E-state index in [1.54, 1.807) is 0 Å². The lowest BCUT2D eigenvalue weighted by Crippen LogP contribution is -2.75. The van der Waals surface area contributed by atoms with Gasteiger partial charge in [0.05, 0.1) is 12.1 Å². The molecule has 0 bridgehead atoms. The Labute approximate surface area is 173 Å². The highest BCUT2D eigenvalue weighted by Crippen LogP contribution is 2.50. The molecule has 2 fully saturated rings. The van der Waals surface area contributed by atoms with Crippen molar-refractivity contribution in [3.8, 4) is 0 Å². The van der Waals surface area contributed by atoms with Gasteiger partial charge in [-0.2, -0.15) is 0 Å². The Bertz CT molecular complexity index is 718. The number of ether oxygens (including phenoxy) is 1. The minimum Gasteiger partial charge on any atom is -0.378 e. The van der Waals surface area contributed by atoms with Crippen molar-refractivity contribution >= 4 is 29.9 Å². The summed E-state index contributed by atoms with van der Waals surface area (Å²) in [6.07, 6.45) is 2.49. The largest absolute Gasteiger partial charge is 0.378 e. The first-order valence-electron chi connectivity index (χ1n) is 9.81. The zero-order valence-corrected chi connectivity index (χ0v) is 17.9. The molecule has 2 saturated carbocycles. The maximum Gasteiger partial charge on any atom is 0.241 e. The summed E-state index contributed by atoms with van der Waals surface area (Å²) in [5, 5.41) is 5.96. The van der Waals surface area contributed by atoms with Gasteiger partial charge in [-0.15, -0.1) is 12.4 Å². The number of halogens is 1. The van der Waals surface area contributed by atoms with Gasteiger partial charge in [-0.05, 0) is 44.4 Å².